The fraction of sp³-hybridized carbons (Fsp3) is 0.118. The van der Waals surface area contributed by atoms with Gasteiger partial charge in [-0.15, -0.1) is 0 Å². The van der Waals surface area contributed by atoms with Crippen LogP contribution >= 0.6 is 11.8 Å². The predicted octanol–water partition coefficient (Wildman–Crippen LogP) is 3.20. The molecule has 3 rings (SSSR count). The number of amides is 2. The number of aromatic nitrogens is 1. The Labute approximate surface area is 138 Å². The van der Waals surface area contributed by atoms with Gasteiger partial charge in [0.05, 0.1) is 11.4 Å². The van der Waals surface area contributed by atoms with Gasteiger partial charge in [0.15, 0.2) is 0 Å². The highest BCUT2D eigenvalue weighted by atomic mass is 32.2. The molecule has 0 N–H and O–H groups in total. The van der Waals surface area contributed by atoms with Gasteiger partial charge in [-0.2, -0.15) is 0 Å². The molecule has 1 aromatic heterocycles. The van der Waals surface area contributed by atoms with Crippen LogP contribution in [0.25, 0.3) is 6.08 Å². The van der Waals surface area contributed by atoms with Crippen LogP contribution in [0, 0.1) is 0 Å². The highest BCUT2D eigenvalue weighted by Crippen LogP contribution is 2.31. The number of nitrogens with zero attached hydrogens (tertiary/aromatic N) is 2. The number of rotatable bonds is 5. The number of imide groups is 1. The zero-order chi connectivity index (χ0) is 16.1. The molecule has 23 heavy (non-hydrogen) atoms. The molecule has 1 fully saturated rings. The molecular formula is C17H14N2O3S. The van der Waals surface area contributed by atoms with Crippen LogP contribution in [0.5, 0.6) is 5.75 Å². The van der Waals surface area contributed by atoms with Gasteiger partial charge in [0.25, 0.3) is 11.1 Å². The summed E-state index contributed by atoms with van der Waals surface area (Å²) in [5.41, 5.74) is 0.839. The molecule has 0 atom stereocenters. The van der Waals surface area contributed by atoms with Crippen molar-refractivity contribution >= 4 is 29.0 Å². The maximum Gasteiger partial charge on any atom is 0.293 e. The van der Waals surface area contributed by atoms with Crippen molar-refractivity contribution in [3.05, 3.63) is 65.3 Å². The lowest BCUT2D eigenvalue weighted by molar-refractivity contribution is -0.123. The number of thioether (sulfide) groups is 1. The van der Waals surface area contributed by atoms with E-state index in [-0.39, 0.29) is 24.3 Å². The number of hydrogen-bond acceptors (Lipinski definition) is 5. The van der Waals surface area contributed by atoms with Crippen LogP contribution in [0.4, 0.5) is 4.79 Å². The lowest BCUT2D eigenvalue weighted by Gasteiger charge is -2.13. The fourth-order valence-electron chi connectivity index (χ4n) is 2.08. The Hall–Kier alpha value is -2.60. The molecule has 0 spiro atoms. The number of carbonyl (C=O) groups is 2. The van der Waals surface area contributed by atoms with Crippen molar-refractivity contribution < 1.29 is 14.3 Å². The van der Waals surface area contributed by atoms with E-state index in [0.29, 0.717) is 10.7 Å². The van der Waals surface area contributed by atoms with Crippen molar-refractivity contribution in [2.45, 2.75) is 0 Å². The van der Waals surface area contributed by atoms with Crippen molar-refractivity contribution in [3.8, 4) is 5.75 Å². The quantitative estimate of drug-likeness (QED) is 0.790. The molecule has 1 saturated heterocycles. The Morgan fingerprint density at radius 1 is 1.09 bits per heavy atom. The van der Waals surface area contributed by atoms with Crippen molar-refractivity contribution in [2.24, 2.45) is 0 Å². The minimum Gasteiger partial charge on any atom is -0.492 e. The van der Waals surface area contributed by atoms with E-state index in [1.54, 1.807) is 30.6 Å². The van der Waals surface area contributed by atoms with Gasteiger partial charge >= 0.3 is 0 Å². The molecule has 116 valence electrons. The monoisotopic (exact) mass is 326 g/mol. The standard InChI is InChI=1S/C17H14N2O3S/c20-16-15(12-13-6-8-18-9-7-13)23-17(21)19(16)10-11-22-14-4-2-1-3-5-14/h1-9,12H,10-11H2/b15-12-. The lowest BCUT2D eigenvalue weighted by Crippen LogP contribution is -2.32. The van der Waals surface area contributed by atoms with E-state index in [1.165, 1.54) is 4.90 Å². The molecule has 6 heteroatoms. The first-order valence-electron chi connectivity index (χ1n) is 7.07. The number of hydrogen-bond donors (Lipinski definition) is 0. The number of para-hydroxylation sites is 1. The summed E-state index contributed by atoms with van der Waals surface area (Å²) in [5, 5.41) is -0.271. The van der Waals surface area contributed by atoms with Crippen LogP contribution in [0.2, 0.25) is 0 Å². The van der Waals surface area contributed by atoms with Gasteiger partial charge in [0.2, 0.25) is 0 Å². The number of benzene rings is 1. The highest BCUT2D eigenvalue weighted by Gasteiger charge is 2.34. The molecule has 0 bridgehead atoms. The highest BCUT2D eigenvalue weighted by molar-refractivity contribution is 8.18. The van der Waals surface area contributed by atoms with Crippen LogP contribution in [0.3, 0.4) is 0 Å². The van der Waals surface area contributed by atoms with Crippen LogP contribution in [0.1, 0.15) is 5.56 Å². The van der Waals surface area contributed by atoms with E-state index in [2.05, 4.69) is 4.98 Å². The summed E-state index contributed by atoms with van der Waals surface area (Å²) in [6.07, 6.45) is 4.98. The Kier molecular flexibility index (Phi) is 4.73. The van der Waals surface area contributed by atoms with E-state index in [0.717, 1.165) is 17.3 Å². The van der Waals surface area contributed by atoms with Crippen LogP contribution in [-0.4, -0.2) is 34.2 Å². The summed E-state index contributed by atoms with van der Waals surface area (Å²) in [4.78, 5) is 29.8. The van der Waals surface area contributed by atoms with E-state index in [9.17, 15) is 9.59 Å². The molecule has 0 unspecified atom stereocenters. The fourth-order valence-corrected chi connectivity index (χ4v) is 2.94. The minimum atomic E-state index is -0.284. The zero-order valence-electron chi connectivity index (χ0n) is 12.2. The first-order chi connectivity index (χ1) is 11.2. The second kappa shape index (κ2) is 7.11. The summed E-state index contributed by atoms with van der Waals surface area (Å²) in [6, 6.07) is 12.9. The van der Waals surface area contributed by atoms with Crippen LogP contribution < -0.4 is 4.74 Å². The third-order valence-corrected chi connectivity index (χ3v) is 4.11. The summed E-state index contributed by atoms with van der Waals surface area (Å²) in [7, 11) is 0. The molecular weight excluding hydrogens is 312 g/mol. The Morgan fingerprint density at radius 3 is 2.57 bits per heavy atom. The van der Waals surface area contributed by atoms with Gasteiger partial charge in [0.1, 0.15) is 12.4 Å². The van der Waals surface area contributed by atoms with Gasteiger partial charge in [-0.1, -0.05) is 18.2 Å². The normalized spacial score (nSPS) is 16.2. The Bertz CT molecular complexity index is 732. The van der Waals surface area contributed by atoms with Gasteiger partial charge in [-0.3, -0.25) is 19.5 Å². The summed E-state index contributed by atoms with van der Waals surface area (Å²) < 4.78 is 5.54. The van der Waals surface area contributed by atoms with Gasteiger partial charge < -0.3 is 4.74 Å². The van der Waals surface area contributed by atoms with E-state index in [4.69, 9.17) is 4.74 Å². The van der Waals surface area contributed by atoms with Gasteiger partial charge in [-0.05, 0) is 47.7 Å². The first-order valence-corrected chi connectivity index (χ1v) is 7.89. The predicted molar refractivity (Wildman–Crippen MR) is 88.9 cm³/mol. The molecule has 0 radical (unpaired) electrons. The molecule has 0 aliphatic carbocycles. The maximum absolute atomic E-state index is 12.3. The molecule has 2 heterocycles. The molecule has 2 aromatic rings. The van der Waals surface area contributed by atoms with Crippen molar-refractivity contribution in [1.29, 1.82) is 0 Å². The molecule has 0 saturated carbocycles. The van der Waals surface area contributed by atoms with E-state index < -0.39 is 0 Å². The van der Waals surface area contributed by atoms with E-state index >= 15 is 0 Å². The van der Waals surface area contributed by atoms with Crippen LogP contribution in [-0.2, 0) is 4.79 Å². The summed E-state index contributed by atoms with van der Waals surface area (Å²) in [5.74, 6) is 0.431. The Morgan fingerprint density at radius 2 is 1.83 bits per heavy atom. The van der Waals surface area contributed by atoms with Crippen molar-refractivity contribution in [1.82, 2.24) is 9.88 Å². The molecule has 1 aliphatic rings. The lowest BCUT2D eigenvalue weighted by atomic mass is 10.2. The molecule has 2 amide bonds. The Balaban J connectivity index is 1.62. The molecule has 1 aliphatic heterocycles. The second-order valence-corrected chi connectivity index (χ2v) is 5.77. The third-order valence-electron chi connectivity index (χ3n) is 3.20. The number of ether oxygens (including phenoxy) is 1. The topological polar surface area (TPSA) is 59.5 Å². The average Bonchev–Trinajstić information content (AvgIpc) is 2.84. The largest absolute Gasteiger partial charge is 0.492 e. The van der Waals surface area contributed by atoms with Crippen molar-refractivity contribution in [2.75, 3.05) is 13.2 Å². The minimum absolute atomic E-state index is 0.229. The third kappa shape index (κ3) is 3.78. The van der Waals surface area contributed by atoms with E-state index in [1.807, 2.05) is 30.3 Å². The van der Waals surface area contributed by atoms with Gasteiger partial charge in [-0.25, -0.2) is 0 Å². The SMILES string of the molecule is O=C1S/C(=C\c2ccncc2)C(=O)N1CCOc1ccccc1. The van der Waals surface area contributed by atoms with Crippen molar-refractivity contribution in [3.63, 3.8) is 0 Å². The first kappa shape index (κ1) is 15.3. The maximum atomic E-state index is 12.3. The smallest absolute Gasteiger partial charge is 0.293 e. The molecule has 1 aromatic carbocycles. The summed E-state index contributed by atoms with van der Waals surface area (Å²) >= 11 is 0.945. The van der Waals surface area contributed by atoms with Gasteiger partial charge in [0, 0.05) is 12.4 Å². The number of pyridine rings is 1. The average molecular weight is 326 g/mol. The number of carbonyl (C=O) groups excluding carboxylic acids is 2. The molecule has 5 nitrogen and oxygen atoms in total. The summed E-state index contributed by atoms with van der Waals surface area (Å²) in [6.45, 7) is 0.498. The van der Waals surface area contributed by atoms with Crippen LogP contribution in [0.15, 0.2) is 59.8 Å². The zero-order valence-corrected chi connectivity index (χ0v) is 13.0. The second-order valence-electron chi connectivity index (χ2n) is 4.78.